The highest BCUT2D eigenvalue weighted by Crippen LogP contribution is 2.15. The lowest BCUT2D eigenvalue weighted by Crippen LogP contribution is -2.45. The summed E-state index contributed by atoms with van der Waals surface area (Å²) in [5.74, 6) is -0.886. The van der Waals surface area contributed by atoms with E-state index in [9.17, 15) is 9.59 Å². The van der Waals surface area contributed by atoms with E-state index in [2.05, 4.69) is 5.32 Å². The van der Waals surface area contributed by atoms with Gasteiger partial charge in [-0.25, -0.2) is 0 Å². The lowest BCUT2D eigenvalue weighted by Gasteiger charge is -2.19. The number of carboxylic acids is 1. The van der Waals surface area contributed by atoms with Crippen LogP contribution in [0.5, 0.6) is 5.75 Å². The molecule has 2 unspecified atom stereocenters. The lowest BCUT2D eigenvalue weighted by atomic mass is 10.2. The summed E-state index contributed by atoms with van der Waals surface area (Å²) in [4.78, 5) is 22.6. The molecule has 0 saturated heterocycles. The van der Waals surface area contributed by atoms with Crippen molar-refractivity contribution in [1.82, 2.24) is 5.32 Å². The van der Waals surface area contributed by atoms with Crippen molar-refractivity contribution in [2.75, 3.05) is 0 Å². The van der Waals surface area contributed by atoms with E-state index in [1.54, 1.807) is 6.07 Å². The average Bonchev–Trinajstić information content (AvgIpc) is 2.35. The molecular formula is C14H19NO4. The number of rotatable bonds is 6. The van der Waals surface area contributed by atoms with E-state index < -0.39 is 24.0 Å². The summed E-state index contributed by atoms with van der Waals surface area (Å²) in [6, 6.07) is 6.44. The van der Waals surface area contributed by atoms with E-state index in [1.807, 2.05) is 32.0 Å². The molecule has 1 rings (SSSR count). The fourth-order valence-electron chi connectivity index (χ4n) is 1.54. The van der Waals surface area contributed by atoms with Crippen molar-refractivity contribution in [3.63, 3.8) is 0 Å². The van der Waals surface area contributed by atoms with Gasteiger partial charge in [0, 0.05) is 0 Å². The molecule has 0 aliphatic carbocycles. The molecule has 2 atom stereocenters. The zero-order valence-electron chi connectivity index (χ0n) is 11.3. The third-order valence-electron chi connectivity index (χ3n) is 2.66. The lowest BCUT2D eigenvalue weighted by molar-refractivity contribution is -0.142. The summed E-state index contributed by atoms with van der Waals surface area (Å²) in [5, 5.41) is 11.2. The Morgan fingerprint density at radius 3 is 2.63 bits per heavy atom. The highest BCUT2D eigenvalue weighted by molar-refractivity contribution is 5.86. The van der Waals surface area contributed by atoms with Crippen LogP contribution in [-0.2, 0) is 9.59 Å². The molecule has 1 aromatic carbocycles. The van der Waals surface area contributed by atoms with Crippen LogP contribution < -0.4 is 10.1 Å². The Hall–Kier alpha value is -2.04. The second-order valence-electron chi connectivity index (χ2n) is 4.40. The first kappa shape index (κ1) is 15.0. The van der Waals surface area contributed by atoms with Gasteiger partial charge in [-0.1, -0.05) is 19.1 Å². The molecule has 0 radical (unpaired) electrons. The fraction of sp³-hybridized carbons (Fsp3) is 0.429. The molecule has 0 heterocycles. The van der Waals surface area contributed by atoms with Crippen LogP contribution in [0.4, 0.5) is 0 Å². The number of aryl methyl sites for hydroxylation is 1. The van der Waals surface area contributed by atoms with Crippen LogP contribution in [0.2, 0.25) is 0 Å². The van der Waals surface area contributed by atoms with E-state index in [0.717, 1.165) is 5.56 Å². The normalized spacial score (nSPS) is 13.4. The van der Waals surface area contributed by atoms with Crippen molar-refractivity contribution >= 4 is 11.9 Å². The third kappa shape index (κ3) is 4.62. The van der Waals surface area contributed by atoms with Gasteiger partial charge in [0.15, 0.2) is 6.10 Å². The molecule has 0 aliphatic rings. The average molecular weight is 265 g/mol. The highest BCUT2D eigenvalue weighted by atomic mass is 16.5. The zero-order valence-corrected chi connectivity index (χ0v) is 11.3. The minimum absolute atomic E-state index is 0.418. The van der Waals surface area contributed by atoms with Gasteiger partial charge in [-0.05, 0) is 38.0 Å². The Balaban J connectivity index is 2.67. The second kappa shape index (κ2) is 6.78. The SMILES string of the molecule is CCC(Oc1cccc(C)c1)C(=O)NC(C)C(=O)O. The number of aliphatic carboxylic acids is 1. The molecule has 0 aromatic heterocycles. The van der Waals surface area contributed by atoms with Crippen LogP contribution in [-0.4, -0.2) is 29.1 Å². The first-order valence-corrected chi connectivity index (χ1v) is 6.20. The molecule has 0 bridgehead atoms. The largest absolute Gasteiger partial charge is 0.481 e. The van der Waals surface area contributed by atoms with Crippen LogP contribution >= 0.6 is 0 Å². The molecule has 0 fully saturated rings. The van der Waals surface area contributed by atoms with E-state index in [4.69, 9.17) is 9.84 Å². The number of hydrogen-bond acceptors (Lipinski definition) is 3. The predicted octanol–water partition coefficient (Wildman–Crippen LogP) is 1.74. The molecule has 0 saturated carbocycles. The summed E-state index contributed by atoms with van der Waals surface area (Å²) in [5.41, 5.74) is 1.03. The molecule has 5 heteroatoms. The molecule has 19 heavy (non-hydrogen) atoms. The number of amides is 1. The van der Waals surface area contributed by atoms with Gasteiger partial charge in [0.1, 0.15) is 11.8 Å². The summed E-state index contributed by atoms with van der Waals surface area (Å²) in [6.45, 7) is 5.16. The van der Waals surface area contributed by atoms with Gasteiger partial charge in [-0.3, -0.25) is 9.59 Å². The van der Waals surface area contributed by atoms with E-state index in [-0.39, 0.29) is 0 Å². The van der Waals surface area contributed by atoms with Crippen LogP contribution in [0.3, 0.4) is 0 Å². The van der Waals surface area contributed by atoms with E-state index in [0.29, 0.717) is 12.2 Å². The van der Waals surface area contributed by atoms with Crippen molar-refractivity contribution in [3.05, 3.63) is 29.8 Å². The summed E-state index contributed by atoms with van der Waals surface area (Å²) >= 11 is 0. The summed E-state index contributed by atoms with van der Waals surface area (Å²) in [7, 11) is 0. The fourth-order valence-corrected chi connectivity index (χ4v) is 1.54. The number of hydrogen-bond donors (Lipinski definition) is 2. The van der Waals surface area contributed by atoms with Gasteiger partial charge in [0.2, 0.25) is 0 Å². The maximum absolute atomic E-state index is 11.9. The number of carboxylic acid groups (broad SMARTS) is 1. The van der Waals surface area contributed by atoms with Crippen molar-refractivity contribution in [2.45, 2.75) is 39.3 Å². The number of carbonyl (C=O) groups is 2. The number of benzene rings is 1. The summed E-state index contributed by atoms with van der Waals surface area (Å²) in [6.07, 6.45) is -0.227. The summed E-state index contributed by atoms with van der Waals surface area (Å²) < 4.78 is 5.58. The van der Waals surface area contributed by atoms with E-state index >= 15 is 0 Å². The van der Waals surface area contributed by atoms with Gasteiger partial charge in [0.05, 0.1) is 0 Å². The van der Waals surface area contributed by atoms with Crippen molar-refractivity contribution in [3.8, 4) is 5.75 Å². The Labute approximate surface area is 112 Å². The standard InChI is InChI=1S/C14H19NO4/c1-4-12(13(16)15-10(3)14(17)18)19-11-7-5-6-9(2)8-11/h5-8,10,12H,4H2,1-3H3,(H,15,16)(H,17,18). The van der Waals surface area contributed by atoms with Gasteiger partial charge >= 0.3 is 5.97 Å². The van der Waals surface area contributed by atoms with Crippen LogP contribution in [0.25, 0.3) is 0 Å². The minimum atomic E-state index is -1.07. The van der Waals surface area contributed by atoms with Gasteiger partial charge in [-0.2, -0.15) is 0 Å². The smallest absolute Gasteiger partial charge is 0.325 e. The minimum Gasteiger partial charge on any atom is -0.481 e. The topological polar surface area (TPSA) is 75.6 Å². The maximum atomic E-state index is 11.9. The molecular weight excluding hydrogens is 246 g/mol. The maximum Gasteiger partial charge on any atom is 0.325 e. The van der Waals surface area contributed by atoms with Gasteiger partial charge in [0.25, 0.3) is 5.91 Å². The molecule has 2 N–H and O–H groups in total. The zero-order chi connectivity index (χ0) is 14.4. The molecule has 104 valence electrons. The molecule has 1 aromatic rings. The molecule has 5 nitrogen and oxygen atoms in total. The third-order valence-corrected chi connectivity index (χ3v) is 2.66. The molecule has 1 amide bonds. The van der Waals surface area contributed by atoms with Gasteiger partial charge < -0.3 is 15.2 Å². The van der Waals surface area contributed by atoms with Crippen LogP contribution in [0, 0.1) is 6.92 Å². The number of carbonyl (C=O) groups excluding carboxylic acids is 1. The molecule has 0 aliphatic heterocycles. The Kier molecular flexibility index (Phi) is 5.36. The number of ether oxygens (including phenoxy) is 1. The first-order valence-electron chi connectivity index (χ1n) is 6.20. The van der Waals surface area contributed by atoms with Crippen LogP contribution in [0.15, 0.2) is 24.3 Å². The quantitative estimate of drug-likeness (QED) is 0.821. The van der Waals surface area contributed by atoms with Crippen LogP contribution in [0.1, 0.15) is 25.8 Å². The van der Waals surface area contributed by atoms with E-state index in [1.165, 1.54) is 6.92 Å². The monoisotopic (exact) mass is 265 g/mol. The van der Waals surface area contributed by atoms with Gasteiger partial charge in [-0.15, -0.1) is 0 Å². The Morgan fingerprint density at radius 2 is 2.11 bits per heavy atom. The second-order valence-corrected chi connectivity index (χ2v) is 4.40. The van der Waals surface area contributed by atoms with Crippen molar-refractivity contribution < 1.29 is 19.4 Å². The van der Waals surface area contributed by atoms with Crippen molar-refractivity contribution in [1.29, 1.82) is 0 Å². The Morgan fingerprint density at radius 1 is 1.42 bits per heavy atom. The Bertz CT molecular complexity index is 459. The van der Waals surface area contributed by atoms with Crippen molar-refractivity contribution in [2.24, 2.45) is 0 Å². The first-order chi connectivity index (χ1) is 8.93. The molecule has 0 spiro atoms. The highest BCUT2D eigenvalue weighted by Gasteiger charge is 2.22. The predicted molar refractivity (Wildman–Crippen MR) is 71.1 cm³/mol. The number of nitrogens with one attached hydrogen (secondary N) is 1.